The van der Waals surface area contributed by atoms with Gasteiger partial charge in [-0.3, -0.25) is 4.79 Å². The number of thiazole rings is 1. The molecule has 0 spiro atoms. The molecule has 1 aromatic heterocycles. The van der Waals surface area contributed by atoms with Gasteiger partial charge in [-0.15, -0.1) is 6.58 Å². The van der Waals surface area contributed by atoms with Crippen molar-refractivity contribution in [2.75, 3.05) is 6.61 Å². The molecule has 4 nitrogen and oxygen atoms in total. The van der Waals surface area contributed by atoms with Crippen LogP contribution >= 0.6 is 22.9 Å². The lowest BCUT2D eigenvalue weighted by Crippen LogP contribution is -2.19. The van der Waals surface area contributed by atoms with Crippen LogP contribution in [-0.4, -0.2) is 17.1 Å². The summed E-state index contributed by atoms with van der Waals surface area (Å²) in [4.78, 5) is 17.2. The fourth-order valence-electron chi connectivity index (χ4n) is 2.79. The molecule has 0 fully saturated rings. The van der Waals surface area contributed by atoms with Crippen molar-refractivity contribution in [1.29, 1.82) is 0 Å². The van der Waals surface area contributed by atoms with Crippen LogP contribution in [0.3, 0.4) is 0 Å². The Morgan fingerprint density at radius 1 is 1.31 bits per heavy atom. The van der Waals surface area contributed by atoms with Gasteiger partial charge < -0.3 is 9.30 Å². The van der Waals surface area contributed by atoms with Crippen LogP contribution in [-0.2, 0) is 11.3 Å². The highest BCUT2D eigenvalue weighted by molar-refractivity contribution is 7.16. The number of hydrogen-bond acceptors (Lipinski definition) is 3. The van der Waals surface area contributed by atoms with Crippen LogP contribution < -0.4 is 9.54 Å². The monoisotopic (exact) mass is 386 g/mol. The van der Waals surface area contributed by atoms with Crippen molar-refractivity contribution in [2.45, 2.75) is 20.4 Å². The number of benzene rings is 2. The summed E-state index contributed by atoms with van der Waals surface area (Å²) in [7, 11) is 0. The van der Waals surface area contributed by atoms with Crippen LogP contribution in [0.4, 0.5) is 0 Å². The number of hydrogen-bond donors (Lipinski definition) is 0. The summed E-state index contributed by atoms with van der Waals surface area (Å²) in [6, 6.07) is 11.1. The Bertz CT molecular complexity index is 1030. The van der Waals surface area contributed by atoms with Gasteiger partial charge >= 0.3 is 0 Å². The van der Waals surface area contributed by atoms with E-state index in [0.717, 1.165) is 15.8 Å². The summed E-state index contributed by atoms with van der Waals surface area (Å²) < 4.78 is 8.61. The molecular formula is C20H19ClN2O2S. The molecule has 0 saturated heterocycles. The van der Waals surface area contributed by atoms with Crippen LogP contribution in [0.1, 0.15) is 11.1 Å². The van der Waals surface area contributed by atoms with E-state index in [2.05, 4.69) is 37.6 Å². The minimum atomic E-state index is -0.335. The number of allylic oxidation sites excluding steroid dienone is 1. The lowest BCUT2D eigenvalue weighted by molar-refractivity contribution is -0.120. The zero-order valence-corrected chi connectivity index (χ0v) is 16.2. The average molecular weight is 387 g/mol. The van der Waals surface area contributed by atoms with E-state index in [1.54, 1.807) is 30.3 Å². The summed E-state index contributed by atoms with van der Waals surface area (Å²) in [5.41, 5.74) is 3.43. The smallest absolute Gasteiger partial charge is 0.286 e. The first kappa shape index (κ1) is 18.4. The molecule has 1 amide bonds. The predicted octanol–water partition coefficient (Wildman–Crippen LogP) is 4.67. The van der Waals surface area contributed by atoms with Gasteiger partial charge in [0.1, 0.15) is 5.75 Å². The molecule has 2 aromatic carbocycles. The second-order valence-corrected chi connectivity index (χ2v) is 7.41. The quantitative estimate of drug-likeness (QED) is 0.598. The number of rotatable bonds is 5. The lowest BCUT2D eigenvalue weighted by Gasteiger charge is -2.05. The molecular weight excluding hydrogens is 368 g/mol. The van der Waals surface area contributed by atoms with Gasteiger partial charge in [-0.1, -0.05) is 35.1 Å². The largest absolute Gasteiger partial charge is 0.484 e. The number of carbonyl (C=O) groups excluding carboxylic acids is 1. The third-order valence-corrected chi connectivity index (χ3v) is 5.10. The van der Waals surface area contributed by atoms with Gasteiger partial charge in [-0.2, -0.15) is 4.99 Å². The predicted molar refractivity (Wildman–Crippen MR) is 107 cm³/mol. The second kappa shape index (κ2) is 7.89. The third kappa shape index (κ3) is 4.06. The van der Waals surface area contributed by atoms with Gasteiger partial charge in [0.15, 0.2) is 11.4 Å². The number of halogens is 1. The first-order valence-electron chi connectivity index (χ1n) is 8.15. The number of nitrogens with zero attached hydrogens (tertiary/aromatic N) is 2. The Morgan fingerprint density at radius 2 is 2.04 bits per heavy atom. The van der Waals surface area contributed by atoms with Gasteiger partial charge in [-0.25, -0.2) is 0 Å². The van der Waals surface area contributed by atoms with E-state index in [0.29, 0.717) is 22.1 Å². The minimum absolute atomic E-state index is 0.123. The highest BCUT2D eigenvalue weighted by atomic mass is 35.5. The first-order chi connectivity index (χ1) is 12.5. The molecule has 0 aliphatic heterocycles. The molecule has 0 atom stereocenters. The van der Waals surface area contributed by atoms with E-state index in [1.165, 1.54) is 16.9 Å². The third-order valence-electron chi connectivity index (χ3n) is 3.82. The van der Waals surface area contributed by atoms with Crippen LogP contribution in [0.2, 0.25) is 5.02 Å². The molecule has 3 rings (SSSR count). The minimum Gasteiger partial charge on any atom is -0.484 e. The zero-order valence-electron chi connectivity index (χ0n) is 14.7. The maximum Gasteiger partial charge on any atom is 0.286 e. The van der Waals surface area contributed by atoms with Gasteiger partial charge in [-0.05, 0) is 55.3 Å². The van der Waals surface area contributed by atoms with Gasteiger partial charge in [0.2, 0.25) is 0 Å². The fraction of sp³-hybridized carbons (Fsp3) is 0.200. The molecule has 0 unspecified atom stereocenters. The summed E-state index contributed by atoms with van der Waals surface area (Å²) >= 11 is 7.34. The molecule has 3 aromatic rings. The van der Waals surface area contributed by atoms with Gasteiger partial charge in [0.05, 0.1) is 10.2 Å². The SMILES string of the molecule is C=CCn1c(=NC(=O)COc2ccc(Cl)cc2)sc2cc(C)cc(C)c21. The molecule has 6 heteroatoms. The number of aromatic nitrogens is 1. The average Bonchev–Trinajstić information content (AvgIpc) is 2.92. The van der Waals surface area contributed by atoms with Gasteiger partial charge in [0, 0.05) is 11.6 Å². The zero-order chi connectivity index (χ0) is 18.7. The topological polar surface area (TPSA) is 43.6 Å². The van der Waals surface area contributed by atoms with Crippen molar-refractivity contribution in [3.8, 4) is 5.75 Å². The van der Waals surface area contributed by atoms with Crippen molar-refractivity contribution >= 4 is 39.1 Å². The first-order valence-corrected chi connectivity index (χ1v) is 9.35. The summed E-state index contributed by atoms with van der Waals surface area (Å²) in [6.07, 6.45) is 1.80. The van der Waals surface area contributed by atoms with Crippen molar-refractivity contribution < 1.29 is 9.53 Å². The Kier molecular flexibility index (Phi) is 5.59. The van der Waals surface area contributed by atoms with E-state index in [-0.39, 0.29) is 12.5 Å². The van der Waals surface area contributed by atoms with Crippen LogP contribution in [0, 0.1) is 13.8 Å². The number of fused-ring (bicyclic) bond motifs is 1. The molecule has 26 heavy (non-hydrogen) atoms. The van der Waals surface area contributed by atoms with Crippen LogP contribution in [0.15, 0.2) is 54.0 Å². The number of carbonyl (C=O) groups is 1. The molecule has 0 bridgehead atoms. The van der Waals surface area contributed by atoms with Crippen molar-refractivity contribution in [1.82, 2.24) is 4.57 Å². The normalized spacial score (nSPS) is 11.7. The molecule has 1 heterocycles. The Morgan fingerprint density at radius 3 is 2.73 bits per heavy atom. The standard InChI is InChI=1S/C20H19ClN2O2S/c1-4-9-23-19-14(3)10-13(2)11-17(19)26-20(23)22-18(24)12-25-16-7-5-15(21)6-8-16/h4-8,10-11H,1,9,12H2,2-3H3. The van der Waals surface area contributed by atoms with E-state index < -0.39 is 0 Å². The molecule has 0 N–H and O–H groups in total. The fourth-order valence-corrected chi connectivity index (χ4v) is 4.15. The summed E-state index contributed by atoms with van der Waals surface area (Å²) in [6.45, 7) is 8.41. The second-order valence-electron chi connectivity index (χ2n) is 5.96. The van der Waals surface area contributed by atoms with Crippen molar-refractivity contribution in [3.05, 3.63) is 70.0 Å². The number of aryl methyl sites for hydroxylation is 2. The highest BCUT2D eigenvalue weighted by Gasteiger charge is 2.10. The molecule has 0 saturated carbocycles. The molecule has 134 valence electrons. The summed E-state index contributed by atoms with van der Waals surface area (Å²) in [5, 5.41) is 0.620. The van der Waals surface area contributed by atoms with Crippen LogP contribution in [0.25, 0.3) is 10.2 Å². The molecule has 0 aliphatic rings. The lowest BCUT2D eigenvalue weighted by atomic mass is 10.1. The number of ether oxygens (including phenoxy) is 1. The van der Waals surface area contributed by atoms with Crippen molar-refractivity contribution in [3.63, 3.8) is 0 Å². The Balaban J connectivity index is 1.91. The van der Waals surface area contributed by atoms with Crippen LogP contribution in [0.5, 0.6) is 5.75 Å². The van der Waals surface area contributed by atoms with Crippen molar-refractivity contribution in [2.24, 2.45) is 4.99 Å². The Hall–Kier alpha value is -2.37. The molecule has 0 radical (unpaired) electrons. The van der Waals surface area contributed by atoms with Gasteiger partial charge in [0.25, 0.3) is 5.91 Å². The maximum atomic E-state index is 12.3. The van der Waals surface area contributed by atoms with E-state index in [4.69, 9.17) is 16.3 Å². The summed E-state index contributed by atoms with van der Waals surface area (Å²) in [5.74, 6) is 0.249. The highest BCUT2D eigenvalue weighted by Crippen LogP contribution is 2.23. The number of amides is 1. The van der Waals surface area contributed by atoms with E-state index in [1.807, 2.05) is 4.57 Å². The van der Waals surface area contributed by atoms with E-state index >= 15 is 0 Å². The van der Waals surface area contributed by atoms with E-state index in [9.17, 15) is 4.79 Å². The molecule has 0 aliphatic carbocycles. The maximum absolute atomic E-state index is 12.3. The Labute approximate surface area is 161 Å².